The lowest BCUT2D eigenvalue weighted by atomic mass is 9.91. The fourth-order valence-electron chi connectivity index (χ4n) is 2.30. The van der Waals surface area contributed by atoms with E-state index in [0.717, 1.165) is 0 Å². The molecule has 0 unspecified atom stereocenters. The van der Waals surface area contributed by atoms with Gasteiger partial charge in [-0.3, -0.25) is 14.9 Å². The molecule has 1 rings (SSSR count). The van der Waals surface area contributed by atoms with Crippen LogP contribution in [0.2, 0.25) is 0 Å². The molecule has 0 spiro atoms. The van der Waals surface area contributed by atoms with Crippen molar-refractivity contribution in [3.63, 3.8) is 0 Å². The summed E-state index contributed by atoms with van der Waals surface area (Å²) in [5, 5.41) is 2.34. The monoisotopic (exact) mass is 255 g/mol. The van der Waals surface area contributed by atoms with Crippen molar-refractivity contribution < 1.29 is 14.4 Å². The normalized spacial score (nSPS) is 17.9. The zero-order chi connectivity index (χ0) is 13.9. The van der Waals surface area contributed by atoms with Crippen molar-refractivity contribution in [1.29, 1.82) is 0 Å². The van der Waals surface area contributed by atoms with Gasteiger partial charge in [-0.15, -0.1) is 0 Å². The number of amides is 4. The standard InChI is InChI=1S/C12H21N3O3/c1-5-12(6-2)10(17)13-11(18)15(12)8-7-9(16)14(3)4/h5-8H2,1-4H3,(H,13,17,18). The number of rotatable bonds is 5. The first-order valence-electron chi connectivity index (χ1n) is 6.22. The Labute approximate surface area is 107 Å². The van der Waals surface area contributed by atoms with Crippen LogP contribution in [0, 0.1) is 0 Å². The molecule has 6 nitrogen and oxygen atoms in total. The van der Waals surface area contributed by atoms with Crippen molar-refractivity contribution in [1.82, 2.24) is 15.1 Å². The van der Waals surface area contributed by atoms with Gasteiger partial charge in [0.1, 0.15) is 5.54 Å². The summed E-state index contributed by atoms with van der Waals surface area (Å²) in [6, 6.07) is -0.393. The summed E-state index contributed by atoms with van der Waals surface area (Å²) < 4.78 is 0. The smallest absolute Gasteiger partial charge is 0.325 e. The molecule has 1 fully saturated rings. The van der Waals surface area contributed by atoms with E-state index < -0.39 is 11.6 Å². The van der Waals surface area contributed by atoms with Gasteiger partial charge < -0.3 is 9.80 Å². The second-order valence-electron chi connectivity index (χ2n) is 4.69. The first-order chi connectivity index (χ1) is 8.39. The fraction of sp³-hybridized carbons (Fsp3) is 0.750. The minimum absolute atomic E-state index is 0.0525. The summed E-state index contributed by atoms with van der Waals surface area (Å²) in [4.78, 5) is 38.2. The highest BCUT2D eigenvalue weighted by Crippen LogP contribution is 2.29. The molecule has 18 heavy (non-hydrogen) atoms. The van der Waals surface area contributed by atoms with Gasteiger partial charge in [0.25, 0.3) is 5.91 Å². The van der Waals surface area contributed by atoms with Crippen LogP contribution in [0.25, 0.3) is 0 Å². The van der Waals surface area contributed by atoms with Gasteiger partial charge in [0.2, 0.25) is 5.91 Å². The second-order valence-corrected chi connectivity index (χ2v) is 4.69. The number of hydrogen-bond acceptors (Lipinski definition) is 3. The van der Waals surface area contributed by atoms with E-state index >= 15 is 0 Å². The molecule has 1 saturated heterocycles. The lowest BCUT2D eigenvalue weighted by molar-refractivity contribution is -0.131. The van der Waals surface area contributed by atoms with Crippen molar-refractivity contribution >= 4 is 17.8 Å². The predicted octanol–water partition coefficient (Wildman–Crippen LogP) is 0.575. The van der Waals surface area contributed by atoms with E-state index in [2.05, 4.69) is 5.32 Å². The third-order valence-electron chi connectivity index (χ3n) is 3.62. The number of nitrogens with zero attached hydrogens (tertiary/aromatic N) is 2. The van der Waals surface area contributed by atoms with Crippen LogP contribution in [0.4, 0.5) is 4.79 Å². The van der Waals surface area contributed by atoms with E-state index in [9.17, 15) is 14.4 Å². The summed E-state index contributed by atoms with van der Waals surface area (Å²) in [6.07, 6.45) is 1.34. The summed E-state index contributed by atoms with van der Waals surface area (Å²) in [5.41, 5.74) is -0.788. The Balaban J connectivity index is 2.81. The highest BCUT2D eigenvalue weighted by atomic mass is 16.2. The van der Waals surface area contributed by atoms with Gasteiger partial charge >= 0.3 is 6.03 Å². The Hall–Kier alpha value is -1.59. The maximum absolute atomic E-state index is 11.9. The molecule has 0 aliphatic carbocycles. The molecular weight excluding hydrogens is 234 g/mol. The molecule has 0 aromatic heterocycles. The number of urea groups is 1. The first-order valence-corrected chi connectivity index (χ1v) is 6.22. The van der Waals surface area contributed by atoms with Crippen LogP contribution in [0.5, 0.6) is 0 Å². The molecule has 0 atom stereocenters. The molecule has 0 aromatic rings. The van der Waals surface area contributed by atoms with Crippen LogP contribution in [0.1, 0.15) is 33.1 Å². The van der Waals surface area contributed by atoms with Gasteiger partial charge in [0.15, 0.2) is 0 Å². The van der Waals surface area contributed by atoms with Crippen molar-refractivity contribution in [3.8, 4) is 0 Å². The van der Waals surface area contributed by atoms with Gasteiger partial charge in [-0.2, -0.15) is 0 Å². The molecule has 0 radical (unpaired) electrons. The largest absolute Gasteiger partial charge is 0.349 e. The Bertz CT molecular complexity index is 362. The molecule has 1 aliphatic rings. The van der Waals surface area contributed by atoms with Crippen molar-refractivity contribution in [2.45, 2.75) is 38.6 Å². The lowest BCUT2D eigenvalue weighted by Gasteiger charge is -2.33. The van der Waals surface area contributed by atoms with Gasteiger partial charge in [0.05, 0.1) is 0 Å². The summed E-state index contributed by atoms with van der Waals surface area (Å²) >= 11 is 0. The SMILES string of the molecule is CCC1(CC)C(=O)NC(=O)N1CCC(=O)N(C)C. The van der Waals surface area contributed by atoms with Crippen LogP contribution in [-0.4, -0.2) is 53.8 Å². The second kappa shape index (κ2) is 5.37. The third-order valence-corrected chi connectivity index (χ3v) is 3.62. The Kier molecular flexibility index (Phi) is 4.32. The maximum Gasteiger partial charge on any atom is 0.325 e. The Morgan fingerprint density at radius 1 is 1.28 bits per heavy atom. The summed E-state index contributed by atoms with van der Waals surface area (Å²) in [7, 11) is 3.34. The van der Waals surface area contributed by atoms with E-state index in [0.29, 0.717) is 12.8 Å². The topological polar surface area (TPSA) is 69.7 Å². The fourth-order valence-corrected chi connectivity index (χ4v) is 2.30. The van der Waals surface area contributed by atoms with E-state index in [1.807, 2.05) is 13.8 Å². The van der Waals surface area contributed by atoms with Gasteiger partial charge in [-0.25, -0.2) is 4.79 Å². The van der Waals surface area contributed by atoms with Gasteiger partial charge in [-0.1, -0.05) is 13.8 Å². The Morgan fingerprint density at radius 2 is 1.83 bits per heavy atom. The number of hydrogen-bond donors (Lipinski definition) is 1. The molecule has 1 aliphatic heterocycles. The molecular formula is C12H21N3O3. The van der Waals surface area contributed by atoms with Gasteiger partial charge in [0, 0.05) is 27.1 Å². The van der Waals surface area contributed by atoms with E-state index in [1.165, 1.54) is 9.80 Å². The lowest BCUT2D eigenvalue weighted by Crippen LogP contribution is -2.49. The van der Waals surface area contributed by atoms with Crippen LogP contribution < -0.4 is 5.32 Å². The quantitative estimate of drug-likeness (QED) is 0.730. The number of carbonyl (C=O) groups excluding carboxylic acids is 3. The summed E-state index contributed by atoms with van der Waals surface area (Å²) in [6.45, 7) is 4.03. The zero-order valence-electron chi connectivity index (χ0n) is 11.4. The number of nitrogens with one attached hydrogen (secondary N) is 1. The summed E-state index contributed by atoms with van der Waals surface area (Å²) in [5.74, 6) is -0.307. The van der Waals surface area contributed by atoms with Crippen LogP contribution in [-0.2, 0) is 9.59 Å². The molecule has 1 N–H and O–H groups in total. The molecule has 6 heteroatoms. The molecule has 4 amide bonds. The van der Waals surface area contributed by atoms with E-state index in [-0.39, 0.29) is 24.8 Å². The molecule has 0 bridgehead atoms. The average molecular weight is 255 g/mol. The van der Waals surface area contributed by atoms with Gasteiger partial charge in [-0.05, 0) is 12.8 Å². The minimum atomic E-state index is -0.788. The van der Waals surface area contributed by atoms with E-state index in [1.54, 1.807) is 14.1 Å². The van der Waals surface area contributed by atoms with Crippen molar-refractivity contribution in [3.05, 3.63) is 0 Å². The predicted molar refractivity (Wildman–Crippen MR) is 66.9 cm³/mol. The van der Waals surface area contributed by atoms with E-state index in [4.69, 9.17) is 0 Å². The maximum atomic E-state index is 11.9. The third kappa shape index (κ3) is 2.32. The zero-order valence-corrected chi connectivity index (χ0v) is 11.4. The molecule has 0 saturated carbocycles. The molecule has 102 valence electrons. The Morgan fingerprint density at radius 3 is 2.28 bits per heavy atom. The van der Waals surface area contributed by atoms with Crippen LogP contribution in [0.3, 0.4) is 0 Å². The number of carbonyl (C=O) groups is 3. The van der Waals surface area contributed by atoms with Crippen molar-refractivity contribution in [2.24, 2.45) is 0 Å². The van der Waals surface area contributed by atoms with Crippen molar-refractivity contribution in [2.75, 3.05) is 20.6 Å². The minimum Gasteiger partial charge on any atom is -0.349 e. The first kappa shape index (κ1) is 14.5. The van der Waals surface area contributed by atoms with Crippen LogP contribution >= 0.6 is 0 Å². The highest BCUT2D eigenvalue weighted by molar-refractivity contribution is 6.07. The highest BCUT2D eigenvalue weighted by Gasteiger charge is 2.49. The molecule has 0 aromatic carbocycles. The average Bonchev–Trinajstić information content (AvgIpc) is 2.57. The van der Waals surface area contributed by atoms with Crippen LogP contribution in [0.15, 0.2) is 0 Å². The molecule has 1 heterocycles. The number of imide groups is 1.